The van der Waals surface area contributed by atoms with Crippen LogP contribution in [0.2, 0.25) is 0 Å². The Morgan fingerprint density at radius 1 is 0.773 bits per heavy atom. The average molecular weight is 636 g/mol. The standard InChI is InChI=1S/C28H49N3O13/c1-18(32)31-24-26(43-21(4)35)25(42-20(3)34)22(16-41-19(2)33)44-27(24)40-14-13-39-12-11-38-10-9-37-8-7-30-23(36)15-28(5,6)17-29/h22,24-27H,7-17,29H2,1-6H3,(H,30,36)(H,31,32). The molecule has 1 fully saturated rings. The largest absolute Gasteiger partial charge is 0.463 e. The van der Waals surface area contributed by atoms with Gasteiger partial charge in [-0.15, -0.1) is 0 Å². The highest BCUT2D eigenvalue weighted by molar-refractivity contribution is 5.76. The lowest BCUT2D eigenvalue weighted by Crippen LogP contribution is -2.66. The maximum Gasteiger partial charge on any atom is 0.303 e. The van der Waals surface area contributed by atoms with Crippen molar-refractivity contribution >= 4 is 29.7 Å². The molecule has 5 atom stereocenters. The Morgan fingerprint density at radius 3 is 1.84 bits per heavy atom. The molecule has 44 heavy (non-hydrogen) atoms. The summed E-state index contributed by atoms with van der Waals surface area (Å²) in [6, 6.07) is -1.05. The van der Waals surface area contributed by atoms with Gasteiger partial charge >= 0.3 is 17.9 Å². The lowest BCUT2D eigenvalue weighted by molar-refractivity contribution is -0.279. The molecule has 0 aromatic rings. The van der Waals surface area contributed by atoms with Gasteiger partial charge in [-0.2, -0.15) is 0 Å². The number of hydrogen-bond acceptors (Lipinski definition) is 14. The molecule has 1 aliphatic heterocycles. The molecule has 0 saturated carbocycles. The third kappa shape index (κ3) is 16.8. The molecule has 1 rings (SSSR count). The third-order valence-corrected chi connectivity index (χ3v) is 6.09. The van der Waals surface area contributed by atoms with Crippen LogP contribution in [0.1, 0.15) is 48.0 Å². The van der Waals surface area contributed by atoms with Crippen LogP contribution in [-0.4, -0.2) is 126 Å². The summed E-state index contributed by atoms with van der Waals surface area (Å²) in [5.74, 6) is -2.54. The predicted octanol–water partition coefficient (Wildman–Crippen LogP) is -0.800. The minimum absolute atomic E-state index is 0.0172. The monoisotopic (exact) mass is 635 g/mol. The van der Waals surface area contributed by atoms with Gasteiger partial charge in [-0.25, -0.2) is 0 Å². The van der Waals surface area contributed by atoms with Crippen LogP contribution in [0.25, 0.3) is 0 Å². The maximum absolute atomic E-state index is 12.0. The molecule has 0 radical (unpaired) electrons. The summed E-state index contributed by atoms with van der Waals surface area (Å²) >= 11 is 0. The molecule has 16 nitrogen and oxygen atoms in total. The summed E-state index contributed by atoms with van der Waals surface area (Å²) in [4.78, 5) is 59.0. The highest BCUT2D eigenvalue weighted by Gasteiger charge is 2.51. The summed E-state index contributed by atoms with van der Waals surface area (Å²) in [6.07, 6.45) is -4.26. The van der Waals surface area contributed by atoms with Gasteiger partial charge in [0.05, 0.1) is 46.2 Å². The van der Waals surface area contributed by atoms with E-state index in [0.717, 1.165) is 13.8 Å². The number of esters is 3. The van der Waals surface area contributed by atoms with Crippen molar-refractivity contribution in [3.8, 4) is 0 Å². The molecule has 1 aliphatic rings. The third-order valence-electron chi connectivity index (χ3n) is 6.09. The minimum Gasteiger partial charge on any atom is -0.463 e. The van der Waals surface area contributed by atoms with E-state index in [2.05, 4.69) is 10.6 Å². The molecule has 4 N–H and O–H groups in total. The first kappa shape index (κ1) is 39.1. The van der Waals surface area contributed by atoms with Crippen LogP contribution in [0.15, 0.2) is 0 Å². The second kappa shape index (κ2) is 21.0. The van der Waals surface area contributed by atoms with Gasteiger partial charge in [-0.1, -0.05) is 13.8 Å². The molecular formula is C28H49N3O13. The molecule has 0 aliphatic carbocycles. The number of carbonyl (C=O) groups is 5. The van der Waals surface area contributed by atoms with Crippen molar-refractivity contribution in [2.45, 2.75) is 78.6 Å². The highest BCUT2D eigenvalue weighted by Crippen LogP contribution is 2.28. The van der Waals surface area contributed by atoms with Crippen LogP contribution in [-0.2, 0) is 61.9 Å². The van der Waals surface area contributed by atoms with Gasteiger partial charge in [0.15, 0.2) is 18.5 Å². The molecule has 2 amide bonds. The lowest BCUT2D eigenvalue weighted by Gasteiger charge is -2.44. The molecular weight excluding hydrogens is 586 g/mol. The number of carbonyl (C=O) groups excluding carboxylic acids is 5. The van der Waals surface area contributed by atoms with E-state index in [-0.39, 0.29) is 37.7 Å². The fraction of sp³-hybridized carbons (Fsp3) is 0.821. The van der Waals surface area contributed by atoms with Crippen LogP contribution in [0.4, 0.5) is 0 Å². The number of amides is 2. The summed E-state index contributed by atoms with van der Waals surface area (Å²) in [5, 5.41) is 5.41. The van der Waals surface area contributed by atoms with Crippen molar-refractivity contribution in [1.29, 1.82) is 0 Å². The van der Waals surface area contributed by atoms with E-state index in [1.807, 2.05) is 13.8 Å². The molecule has 16 heteroatoms. The molecule has 1 saturated heterocycles. The average Bonchev–Trinajstić information content (AvgIpc) is 2.92. The van der Waals surface area contributed by atoms with Crippen LogP contribution in [0.3, 0.4) is 0 Å². The van der Waals surface area contributed by atoms with Gasteiger partial charge in [0.1, 0.15) is 18.8 Å². The SMILES string of the molecule is CC(=O)NC1C(OCCOCCOCCOCCNC(=O)CC(C)(C)CN)OC(COC(C)=O)C(OC(C)=O)C1OC(C)=O. The summed E-state index contributed by atoms with van der Waals surface area (Å²) in [6.45, 7) is 10.9. The molecule has 1 heterocycles. The fourth-order valence-electron chi connectivity index (χ4n) is 4.03. The van der Waals surface area contributed by atoms with E-state index in [1.165, 1.54) is 13.8 Å². The zero-order chi connectivity index (χ0) is 33.1. The van der Waals surface area contributed by atoms with E-state index in [1.54, 1.807) is 0 Å². The summed E-state index contributed by atoms with van der Waals surface area (Å²) in [7, 11) is 0. The Hall–Kier alpha value is -2.89. The number of hydrogen-bond donors (Lipinski definition) is 3. The molecule has 254 valence electrons. The van der Waals surface area contributed by atoms with Crippen molar-refractivity contribution in [2.24, 2.45) is 11.1 Å². The van der Waals surface area contributed by atoms with Crippen molar-refractivity contribution in [3.05, 3.63) is 0 Å². The first-order chi connectivity index (χ1) is 20.8. The zero-order valence-electron chi connectivity index (χ0n) is 26.5. The Kier molecular flexibility index (Phi) is 18.6. The Morgan fingerprint density at radius 2 is 1.32 bits per heavy atom. The van der Waals surface area contributed by atoms with Gasteiger partial charge < -0.3 is 54.3 Å². The normalized spacial score (nSPS) is 21.7. The first-order valence-electron chi connectivity index (χ1n) is 14.5. The van der Waals surface area contributed by atoms with Gasteiger partial charge in [-0.05, 0) is 12.0 Å². The van der Waals surface area contributed by atoms with E-state index >= 15 is 0 Å². The maximum atomic E-state index is 12.0. The second-order valence-electron chi connectivity index (χ2n) is 10.8. The lowest BCUT2D eigenvalue weighted by atomic mass is 9.89. The Labute approximate surface area is 258 Å². The van der Waals surface area contributed by atoms with Gasteiger partial charge in [-0.3, -0.25) is 24.0 Å². The molecule has 0 aromatic heterocycles. The van der Waals surface area contributed by atoms with Gasteiger partial charge in [0.25, 0.3) is 0 Å². The van der Waals surface area contributed by atoms with Crippen LogP contribution in [0, 0.1) is 5.41 Å². The number of ether oxygens (including phenoxy) is 8. The number of rotatable bonds is 21. The quantitative estimate of drug-likeness (QED) is 0.0802. The molecule has 0 spiro atoms. The van der Waals surface area contributed by atoms with Crippen molar-refractivity contribution in [3.63, 3.8) is 0 Å². The molecule has 5 unspecified atom stereocenters. The summed E-state index contributed by atoms with van der Waals surface area (Å²) in [5.41, 5.74) is 5.39. The highest BCUT2D eigenvalue weighted by atomic mass is 16.7. The molecule has 0 aromatic carbocycles. The Bertz CT molecular complexity index is 917. The van der Waals surface area contributed by atoms with Crippen LogP contribution >= 0.6 is 0 Å². The van der Waals surface area contributed by atoms with E-state index < -0.39 is 54.5 Å². The zero-order valence-corrected chi connectivity index (χ0v) is 26.5. The number of nitrogens with two attached hydrogens (primary N) is 1. The first-order valence-corrected chi connectivity index (χ1v) is 14.5. The smallest absolute Gasteiger partial charge is 0.303 e. The van der Waals surface area contributed by atoms with Gasteiger partial charge in [0, 0.05) is 40.7 Å². The van der Waals surface area contributed by atoms with Crippen molar-refractivity contribution in [2.75, 3.05) is 65.9 Å². The Balaban J connectivity index is 2.47. The minimum atomic E-state index is -1.20. The van der Waals surface area contributed by atoms with E-state index in [0.29, 0.717) is 45.9 Å². The van der Waals surface area contributed by atoms with E-state index in [4.69, 9.17) is 43.6 Å². The second-order valence-corrected chi connectivity index (χ2v) is 10.8. The predicted molar refractivity (Wildman–Crippen MR) is 153 cm³/mol. The van der Waals surface area contributed by atoms with Crippen molar-refractivity contribution in [1.82, 2.24) is 10.6 Å². The van der Waals surface area contributed by atoms with Gasteiger partial charge in [0.2, 0.25) is 11.8 Å². The number of nitrogens with one attached hydrogen (secondary N) is 2. The topological polar surface area (TPSA) is 209 Å². The van der Waals surface area contributed by atoms with Crippen LogP contribution < -0.4 is 16.4 Å². The fourth-order valence-corrected chi connectivity index (χ4v) is 4.03. The van der Waals surface area contributed by atoms with Crippen molar-refractivity contribution < 1.29 is 61.9 Å². The summed E-state index contributed by atoms with van der Waals surface area (Å²) < 4.78 is 43.9. The molecule has 0 bridgehead atoms. The van der Waals surface area contributed by atoms with Crippen LogP contribution in [0.5, 0.6) is 0 Å². The van der Waals surface area contributed by atoms with E-state index in [9.17, 15) is 24.0 Å².